The van der Waals surface area contributed by atoms with Crippen LogP contribution in [0.15, 0.2) is 24.4 Å². The molecule has 2 aromatic rings. The smallest absolute Gasteiger partial charge is 0.340 e. The van der Waals surface area contributed by atoms with E-state index in [1.165, 1.54) is 18.6 Å². The number of aromatic nitrogens is 1. The van der Waals surface area contributed by atoms with Gasteiger partial charge in [-0.15, -0.1) is 0 Å². The van der Waals surface area contributed by atoms with Gasteiger partial charge in [0.1, 0.15) is 11.9 Å². The van der Waals surface area contributed by atoms with E-state index in [1.54, 1.807) is 12.3 Å². The summed E-state index contributed by atoms with van der Waals surface area (Å²) in [5.74, 6) is -0.633. The van der Waals surface area contributed by atoms with Crippen molar-refractivity contribution in [1.82, 2.24) is 4.98 Å². The lowest BCUT2D eigenvalue weighted by Gasteiger charge is -2.21. The molecule has 1 aliphatic rings. The van der Waals surface area contributed by atoms with Crippen molar-refractivity contribution in [3.8, 4) is 0 Å². The molecule has 1 heterocycles. The van der Waals surface area contributed by atoms with Gasteiger partial charge < -0.3 is 9.72 Å². The molecule has 0 radical (unpaired) electrons. The zero-order chi connectivity index (χ0) is 13.2. The first kappa shape index (κ1) is 12.2. The number of fused-ring (bicyclic) bond motifs is 1. The van der Waals surface area contributed by atoms with Crippen molar-refractivity contribution < 1.29 is 13.9 Å². The van der Waals surface area contributed by atoms with E-state index in [0.29, 0.717) is 16.5 Å². The van der Waals surface area contributed by atoms with Crippen molar-refractivity contribution in [1.29, 1.82) is 0 Å². The highest BCUT2D eigenvalue weighted by molar-refractivity contribution is 6.04. The number of ether oxygens (including phenoxy) is 1. The minimum atomic E-state index is -0.318. The highest BCUT2D eigenvalue weighted by Crippen LogP contribution is 2.24. The fraction of sp³-hybridized carbons (Fsp3) is 0.400. The molecule has 0 atom stereocenters. The van der Waals surface area contributed by atoms with E-state index < -0.39 is 0 Å². The number of hydrogen-bond acceptors (Lipinski definition) is 2. The Kier molecular flexibility index (Phi) is 3.23. The number of H-pyrrole nitrogens is 1. The van der Waals surface area contributed by atoms with Gasteiger partial charge in [-0.2, -0.15) is 0 Å². The molecule has 100 valence electrons. The molecule has 0 bridgehead atoms. The highest BCUT2D eigenvalue weighted by atomic mass is 19.1. The fourth-order valence-corrected chi connectivity index (χ4v) is 2.67. The zero-order valence-corrected chi connectivity index (χ0v) is 10.6. The molecule has 0 aliphatic heterocycles. The van der Waals surface area contributed by atoms with Gasteiger partial charge >= 0.3 is 5.97 Å². The molecule has 1 saturated carbocycles. The molecule has 1 aromatic carbocycles. The van der Waals surface area contributed by atoms with E-state index in [9.17, 15) is 9.18 Å². The Labute approximate surface area is 110 Å². The van der Waals surface area contributed by atoms with Gasteiger partial charge in [-0.25, -0.2) is 9.18 Å². The molecule has 1 aliphatic carbocycles. The molecular formula is C15H16FNO2. The van der Waals surface area contributed by atoms with Crippen molar-refractivity contribution in [2.24, 2.45) is 0 Å². The van der Waals surface area contributed by atoms with Crippen LogP contribution in [0.4, 0.5) is 4.39 Å². The van der Waals surface area contributed by atoms with E-state index in [-0.39, 0.29) is 17.9 Å². The van der Waals surface area contributed by atoms with Crippen LogP contribution >= 0.6 is 0 Å². The van der Waals surface area contributed by atoms with Crippen molar-refractivity contribution in [2.45, 2.75) is 38.2 Å². The Morgan fingerprint density at radius 3 is 2.84 bits per heavy atom. The van der Waals surface area contributed by atoms with Gasteiger partial charge in [0.15, 0.2) is 0 Å². The minimum absolute atomic E-state index is 0.0339. The second kappa shape index (κ2) is 5.03. The van der Waals surface area contributed by atoms with E-state index in [0.717, 1.165) is 25.7 Å². The van der Waals surface area contributed by atoms with Crippen molar-refractivity contribution in [3.05, 3.63) is 35.8 Å². The largest absolute Gasteiger partial charge is 0.459 e. The number of hydrogen-bond donors (Lipinski definition) is 1. The maximum absolute atomic E-state index is 13.1. The van der Waals surface area contributed by atoms with Crippen LogP contribution in [0.25, 0.3) is 10.9 Å². The van der Waals surface area contributed by atoms with Crippen molar-refractivity contribution in [3.63, 3.8) is 0 Å². The Morgan fingerprint density at radius 1 is 1.26 bits per heavy atom. The summed E-state index contributed by atoms with van der Waals surface area (Å²) in [4.78, 5) is 15.0. The van der Waals surface area contributed by atoms with Gasteiger partial charge in [0.25, 0.3) is 0 Å². The number of esters is 1. The van der Waals surface area contributed by atoms with Crippen LogP contribution in [-0.2, 0) is 4.74 Å². The number of carbonyl (C=O) groups is 1. The Balaban J connectivity index is 1.81. The lowest BCUT2D eigenvalue weighted by atomic mass is 9.98. The van der Waals surface area contributed by atoms with Crippen LogP contribution in [0.1, 0.15) is 42.5 Å². The summed E-state index contributed by atoms with van der Waals surface area (Å²) < 4.78 is 18.6. The molecule has 3 nitrogen and oxygen atoms in total. The van der Waals surface area contributed by atoms with Crippen LogP contribution in [0.5, 0.6) is 0 Å². The van der Waals surface area contributed by atoms with Gasteiger partial charge in [-0.05, 0) is 43.9 Å². The van der Waals surface area contributed by atoms with Crippen LogP contribution in [-0.4, -0.2) is 17.1 Å². The number of carbonyl (C=O) groups excluding carboxylic acids is 1. The quantitative estimate of drug-likeness (QED) is 0.835. The number of halogens is 1. The van der Waals surface area contributed by atoms with Gasteiger partial charge in [-0.1, -0.05) is 6.42 Å². The highest BCUT2D eigenvalue weighted by Gasteiger charge is 2.20. The van der Waals surface area contributed by atoms with Gasteiger partial charge in [0.2, 0.25) is 0 Å². The maximum atomic E-state index is 13.1. The number of aromatic amines is 1. The molecule has 1 fully saturated rings. The molecule has 3 rings (SSSR count). The lowest BCUT2D eigenvalue weighted by Crippen LogP contribution is -2.20. The third kappa shape index (κ3) is 2.48. The summed E-state index contributed by atoms with van der Waals surface area (Å²) in [6, 6.07) is 4.35. The molecule has 0 saturated heterocycles. The van der Waals surface area contributed by atoms with Crippen LogP contribution in [0.2, 0.25) is 0 Å². The Hall–Kier alpha value is -1.84. The van der Waals surface area contributed by atoms with E-state index in [4.69, 9.17) is 4.74 Å². The SMILES string of the molecule is O=C(OC1CCCCC1)c1c[nH]c2cc(F)ccc12. The van der Waals surface area contributed by atoms with E-state index >= 15 is 0 Å². The molecule has 19 heavy (non-hydrogen) atoms. The van der Waals surface area contributed by atoms with E-state index in [1.807, 2.05) is 0 Å². The van der Waals surface area contributed by atoms with Gasteiger partial charge in [0, 0.05) is 17.1 Å². The number of benzene rings is 1. The third-order valence-corrected chi connectivity index (χ3v) is 3.69. The normalized spacial score (nSPS) is 16.7. The maximum Gasteiger partial charge on any atom is 0.340 e. The average molecular weight is 261 g/mol. The zero-order valence-electron chi connectivity index (χ0n) is 10.6. The van der Waals surface area contributed by atoms with Crippen LogP contribution in [0.3, 0.4) is 0 Å². The Morgan fingerprint density at radius 2 is 2.05 bits per heavy atom. The third-order valence-electron chi connectivity index (χ3n) is 3.69. The summed E-state index contributed by atoms with van der Waals surface area (Å²) >= 11 is 0. The first-order chi connectivity index (χ1) is 9.24. The lowest BCUT2D eigenvalue weighted by molar-refractivity contribution is 0.0213. The summed E-state index contributed by atoms with van der Waals surface area (Å²) in [6.07, 6.45) is 6.99. The predicted octanol–water partition coefficient (Wildman–Crippen LogP) is 3.80. The number of nitrogens with one attached hydrogen (secondary N) is 1. The molecule has 0 unspecified atom stereocenters. The Bertz CT molecular complexity index is 599. The van der Waals surface area contributed by atoms with Crippen molar-refractivity contribution in [2.75, 3.05) is 0 Å². The van der Waals surface area contributed by atoms with Crippen molar-refractivity contribution >= 4 is 16.9 Å². The topological polar surface area (TPSA) is 42.1 Å². The first-order valence-corrected chi connectivity index (χ1v) is 6.71. The number of rotatable bonds is 2. The monoisotopic (exact) mass is 261 g/mol. The molecule has 0 spiro atoms. The van der Waals surface area contributed by atoms with Gasteiger partial charge in [0.05, 0.1) is 5.56 Å². The summed E-state index contributed by atoms with van der Waals surface area (Å²) in [7, 11) is 0. The van der Waals surface area contributed by atoms with Gasteiger partial charge in [-0.3, -0.25) is 0 Å². The first-order valence-electron chi connectivity index (χ1n) is 6.71. The second-order valence-electron chi connectivity index (χ2n) is 5.06. The standard InChI is InChI=1S/C15H16FNO2/c16-10-6-7-12-13(9-17-14(12)8-10)15(18)19-11-4-2-1-3-5-11/h6-9,11,17H,1-5H2. The molecule has 1 aromatic heterocycles. The second-order valence-corrected chi connectivity index (χ2v) is 5.06. The molecule has 1 N–H and O–H groups in total. The summed E-state index contributed by atoms with van der Waals surface area (Å²) in [5.41, 5.74) is 1.11. The van der Waals surface area contributed by atoms with E-state index in [2.05, 4.69) is 4.98 Å². The summed E-state index contributed by atoms with van der Waals surface area (Å²) in [6.45, 7) is 0. The molecular weight excluding hydrogens is 245 g/mol. The molecule has 0 amide bonds. The summed E-state index contributed by atoms with van der Waals surface area (Å²) in [5, 5.41) is 0.710. The fourth-order valence-electron chi connectivity index (χ4n) is 2.67. The minimum Gasteiger partial charge on any atom is -0.459 e. The van der Waals surface area contributed by atoms with Crippen LogP contribution in [0, 0.1) is 5.82 Å². The average Bonchev–Trinajstić information content (AvgIpc) is 2.82. The predicted molar refractivity (Wildman–Crippen MR) is 70.5 cm³/mol. The molecule has 4 heteroatoms. The van der Waals surface area contributed by atoms with Crippen LogP contribution < -0.4 is 0 Å².